The third-order valence-corrected chi connectivity index (χ3v) is 8.15. The highest BCUT2D eigenvalue weighted by atomic mass is 16.1. The van der Waals surface area contributed by atoms with Crippen LogP contribution in [0.5, 0.6) is 0 Å². The Bertz CT molecular complexity index is 1010. The van der Waals surface area contributed by atoms with E-state index in [0.29, 0.717) is 0 Å². The van der Waals surface area contributed by atoms with Crippen LogP contribution in [0.4, 0.5) is 0 Å². The van der Waals surface area contributed by atoms with E-state index in [1.165, 1.54) is 86.1 Å². The quantitative estimate of drug-likeness (QED) is 0.721. The number of nitrogens with one attached hydrogen (secondary N) is 1. The van der Waals surface area contributed by atoms with Crippen LogP contribution < -0.4 is 5.56 Å². The zero-order valence-corrected chi connectivity index (χ0v) is 18.0. The summed E-state index contributed by atoms with van der Waals surface area (Å²) in [4.78, 5) is 21.4. The molecule has 4 nitrogen and oxygen atoms in total. The van der Waals surface area contributed by atoms with E-state index in [9.17, 15) is 4.79 Å². The molecule has 4 aliphatic rings. The van der Waals surface area contributed by atoms with E-state index in [1.807, 2.05) is 0 Å². The normalized spacial score (nSPS) is 22.1. The van der Waals surface area contributed by atoms with E-state index in [1.54, 1.807) is 0 Å². The molecule has 1 N–H and O–H groups in total. The molecule has 0 radical (unpaired) electrons. The lowest BCUT2D eigenvalue weighted by Crippen LogP contribution is -2.43. The van der Waals surface area contributed by atoms with Crippen molar-refractivity contribution in [2.24, 2.45) is 0 Å². The fourth-order valence-electron chi connectivity index (χ4n) is 6.52. The third-order valence-electron chi connectivity index (χ3n) is 8.15. The van der Waals surface area contributed by atoms with Crippen molar-refractivity contribution in [3.63, 3.8) is 0 Å². The first-order valence-electron chi connectivity index (χ1n) is 12.1. The molecular formula is C26H33N3O. The Labute approximate surface area is 179 Å². The highest BCUT2D eigenvalue weighted by Crippen LogP contribution is 2.40. The number of benzene rings is 1. The van der Waals surface area contributed by atoms with Gasteiger partial charge < -0.3 is 9.88 Å². The molecule has 1 aromatic heterocycles. The van der Waals surface area contributed by atoms with Crippen LogP contribution in [0.3, 0.4) is 0 Å². The van der Waals surface area contributed by atoms with Gasteiger partial charge in [-0.3, -0.25) is 9.69 Å². The van der Waals surface area contributed by atoms with Gasteiger partial charge in [-0.05, 0) is 99.8 Å². The molecule has 0 unspecified atom stereocenters. The van der Waals surface area contributed by atoms with Crippen LogP contribution in [0, 0.1) is 0 Å². The van der Waals surface area contributed by atoms with Gasteiger partial charge >= 0.3 is 0 Å². The number of nitrogens with zero attached hydrogens (tertiary/aromatic N) is 2. The number of rotatable bonds is 3. The van der Waals surface area contributed by atoms with Gasteiger partial charge in [0.2, 0.25) is 0 Å². The van der Waals surface area contributed by atoms with Crippen molar-refractivity contribution in [2.45, 2.75) is 70.4 Å². The molecule has 2 fully saturated rings. The van der Waals surface area contributed by atoms with Crippen LogP contribution in [0.2, 0.25) is 0 Å². The number of hydrogen-bond donors (Lipinski definition) is 1. The molecule has 6 rings (SSSR count). The van der Waals surface area contributed by atoms with Crippen LogP contribution >= 0.6 is 0 Å². The van der Waals surface area contributed by atoms with Crippen molar-refractivity contribution in [1.29, 1.82) is 0 Å². The summed E-state index contributed by atoms with van der Waals surface area (Å²) in [5.41, 5.74) is 9.33. The lowest BCUT2D eigenvalue weighted by molar-refractivity contribution is 0.122. The van der Waals surface area contributed by atoms with Gasteiger partial charge in [-0.1, -0.05) is 18.2 Å². The number of H-pyrrole nitrogens is 1. The zero-order valence-electron chi connectivity index (χ0n) is 18.0. The second-order valence-electron chi connectivity index (χ2n) is 9.84. The second-order valence-corrected chi connectivity index (χ2v) is 9.84. The maximum absolute atomic E-state index is 12.7. The standard InChI is InChI=1S/C26H33N3O/c30-26-22-8-2-1-7-20(22)24-16-23-18(6-5-9-21(23)25(24)27-26)17-28-14-10-19(11-15-28)29-12-3-4-13-29/h5-6,9,19H,1-4,7-8,10-17H2,(H,27,30). The molecule has 2 saturated heterocycles. The molecule has 158 valence electrons. The fraction of sp³-hybridized carbons (Fsp3) is 0.577. The highest BCUT2D eigenvalue weighted by molar-refractivity contribution is 5.76. The molecule has 2 aromatic rings. The third kappa shape index (κ3) is 3.16. The van der Waals surface area contributed by atoms with E-state index in [2.05, 4.69) is 33.0 Å². The van der Waals surface area contributed by atoms with Gasteiger partial charge in [0.15, 0.2) is 0 Å². The van der Waals surface area contributed by atoms with Gasteiger partial charge in [-0.25, -0.2) is 0 Å². The van der Waals surface area contributed by atoms with E-state index in [4.69, 9.17) is 0 Å². The number of likely N-dealkylation sites (tertiary alicyclic amines) is 2. The second kappa shape index (κ2) is 7.65. The first kappa shape index (κ1) is 18.8. The summed E-state index contributed by atoms with van der Waals surface area (Å²) in [5, 5.41) is 0. The SMILES string of the molecule is O=c1[nH]c2c(c3c1CCCC3)Cc1c(CN3CCC(N4CCCC4)CC3)cccc1-2. The fourth-order valence-corrected chi connectivity index (χ4v) is 6.52. The van der Waals surface area contributed by atoms with Gasteiger partial charge in [0.05, 0.1) is 5.69 Å². The molecule has 0 atom stereocenters. The minimum atomic E-state index is 0.158. The van der Waals surface area contributed by atoms with Crippen LogP contribution in [-0.4, -0.2) is 47.0 Å². The maximum atomic E-state index is 12.7. The summed E-state index contributed by atoms with van der Waals surface area (Å²) in [6, 6.07) is 7.54. The monoisotopic (exact) mass is 403 g/mol. The molecule has 2 aliphatic heterocycles. The summed E-state index contributed by atoms with van der Waals surface area (Å²) in [5.74, 6) is 0. The summed E-state index contributed by atoms with van der Waals surface area (Å²) in [7, 11) is 0. The Kier molecular flexibility index (Phi) is 4.80. The number of piperidine rings is 1. The number of aromatic amines is 1. The molecule has 0 saturated carbocycles. The first-order valence-corrected chi connectivity index (χ1v) is 12.1. The van der Waals surface area contributed by atoms with Crippen LogP contribution in [-0.2, 0) is 25.8 Å². The van der Waals surface area contributed by atoms with Gasteiger partial charge in [-0.2, -0.15) is 0 Å². The molecule has 1 aromatic carbocycles. The predicted molar refractivity (Wildman–Crippen MR) is 121 cm³/mol. The Morgan fingerprint density at radius 2 is 1.63 bits per heavy atom. The summed E-state index contributed by atoms with van der Waals surface area (Å²) < 4.78 is 0. The van der Waals surface area contributed by atoms with Crippen LogP contribution in [0.15, 0.2) is 23.0 Å². The van der Waals surface area contributed by atoms with Crippen molar-refractivity contribution in [3.8, 4) is 11.3 Å². The van der Waals surface area contributed by atoms with Crippen LogP contribution in [0.1, 0.15) is 66.3 Å². The zero-order chi connectivity index (χ0) is 20.1. The van der Waals surface area contributed by atoms with Crippen molar-refractivity contribution in [2.75, 3.05) is 26.2 Å². The average molecular weight is 404 g/mol. The van der Waals surface area contributed by atoms with E-state index < -0.39 is 0 Å². The van der Waals surface area contributed by atoms with Crippen molar-refractivity contribution in [3.05, 3.63) is 56.4 Å². The summed E-state index contributed by atoms with van der Waals surface area (Å²) >= 11 is 0. The molecule has 0 spiro atoms. The summed E-state index contributed by atoms with van der Waals surface area (Å²) in [6.45, 7) is 6.11. The predicted octanol–water partition coefficient (Wildman–Crippen LogP) is 3.89. The Balaban J connectivity index is 1.23. The maximum Gasteiger partial charge on any atom is 0.251 e. The smallest absolute Gasteiger partial charge is 0.251 e. The van der Waals surface area contributed by atoms with E-state index >= 15 is 0 Å². The first-order chi connectivity index (χ1) is 14.8. The molecule has 3 heterocycles. The molecule has 2 aliphatic carbocycles. The average Bonchev–Trinajstić information content (AvgIpc) is 3.44. The van der Waals surface area contributed by atoms with Gasteiger partial charge in [0.1, 0.15) is 0 Å². The molecule has 0 bridgehead atoms. The molecule has 30 heavy (non-hydrogen) atoms. The summed E-state index contributed by atoms with van der Waals surface area (Å²) in [6.07, 6.45) is 10.8. The molecule has 0 amide bonds. The van der Waals surface area contributed by atoms with Gasteiger partial charge in [-0.15, -0.1) is 0 Å². The van der Waals surface area contributed by atoms with E-state index in [0.717, 1.165) is 49.5 Å². The van der Waals surface area contributed by atoms with Gasteiger partial charge in [0.25, 0.3) is 5.56 Å². The largest absolute Gasteiger partial charge is 0.321 e. The van der Waals surface area contributed by atoms with Crippen LogP contribution in [0.25, 0.3) is 11.3 Å². The minimum absolute atomic E-state index is 0.158. The number of hydrogen-bond acceptors (Lipinski definition) is 3. The Morgan fingerprint density at radius 1 is 0.867 bits per heavy atom. The van der Waals surface area contributed by atoms with E-state index in [-0.39, 0.29) is 5.56 Å². The number of aromatic nitrogens is 1. The Hall–Kier alpha value is -1.91. The number of pyridine rings is 1. The lowest BCUT2D eigenvalue weighted by Gasteiger charge is -2.36. The molecule has 4 heteroatoms. The lowest BCUT2D eigenvalue weighted by atomic mass is 9.88. The van der Waals surface area contributed by atoms with Crippen molar-refractivity contribution < 1.29 is 0 Å². The van der Waals surface area contributed by atoms with Gasteiger partial charge in [0, 0.05) is 30.1 Å². The Morgan fingerprint density at radius 3 is 2.43 bits per heavy atom. The van der Waals surface area contributed by atoms with Crippen molar-refractivity contribution in [1.82, 2.24) is 14.8 Å². The number of fused-ring (bicyclic) bond motifs is 5. The highest BCUT2D eigenvalue weighted by Gasteiger charge is 2.30. The topological polar surface area (TPSA) is 39.3 Å². The van der Waals surface area contributed by atoms with Crippen molar-refractivity contribution >= 4 is 0 Å². The minimum Gasteiger partial charge on any atom is -0.321 e. The molecular weight excluding hydrogens is 370 g/mol.